The Hall–Kier alpha value is -2.93. The highest BCUT2D eigenvalue weighted by Crippen LogP contribution is 2.36. The number of hydrogen-bond acceptors (Lipinski definition) is 4. The predicted molar refractivity (Wildman–Crippen MR) is 129 cm³/mol. The first-order chi connectivity index (χ1) is 16.5. The van der Waals surface area contributed by atoms with E-state index in [0.717, 1.165) is 51.1 Å². The van der Waals surface area contributed by atoms with Gasteiger partial charge < -0.3 is 19.5 Å². The highest BCUT2D eigenvalue weighted by atomic mass is 16.4. The molecule has 7 heteroatoms. The van der Waals surface area contributed by atoms with Gasteiger partial charge in [0, 0.05) is 62.4 Å². The largest absolute Gasteiger partial charge is 0.481 e. The molecule has 0 spiro atoms. The maximum atomic E-state index is 13.0. The average molecular weight is 464 g/mol. The quantitative estimate of drug-likeness (QED) is 0.712. The van der Waals surface area contributed by atoms with E-state index in [9.17, 15) is 19.5 Å². The monoisotopic (exact) mass is 463 g/mol. The summed E-state index contributed by atoms with van der Waals surface area (Å²) < 4.78 is 1.95. The van der Waals surface area contributed by atoms with Crippen LogP contribution in [0.4, 0.5) is 0 Å². The number of carbonyl (C=O) groups is 2. The van der Waals surface area contributed by atoms with E-state index in [1.54, 1.807) is 6.07 Å². The first-order valence-electron chi connectivity index (χ1n) is 12.5. The van der Waals surface area contributed by atoms with Crippen LogP contribution in [0.15, 0.2) is 53.3 Å². The molecule has 1 amide bonds. The van der Waals surface area contributed by atoms with E-state index >= 15 is 0 Å². The summed E-state index contributed by atoms with van der Waals surface area (Å²) in [5, 5.41) is 9.46. The van der Waals surface area contributed by atoms with Crippen molar-refractivity contribution in [2.45, 2.75) is 38.1 Å². The third kappa shape index (κ3) is 4.80. The third-order valence-electron chi connectivity index (χ3n) is 8.01. The minimum Gasteiger partial charge on any atom is -0.481 e. The lowest BCUT2D eigenvalue weighted by Crippen LogP contribution is -2.49. The van der Waals surface area contributed by atoms with Gasteiger partial charge in [0.15, 0.2) is 0 Å². The van der Waals surface area contributed by atoms with Crippen molar-refractivity contribution in [2.24, 2.45) is 17.8 Å². The summed E-state index contributed by atoms with van der Waals surface area (Å²) in [5.74, 6) is 0.402. The molecule has 1 aromatic carbocycles. The molecule has 4 atom stereocenters. The van der Waals surface area contributed by atoms with E-state index in [-0.39, 0.29) is 29.7 Å². The summed E-state index contributed by atoms with van der Waals surface area (Å²) in [6.45, 7) is 4.82. The van der Waals surface area contributed by atoms with Crippen molar-refractivity contribution in [3.63, 3.8) is 0 Å². The summed E-state index contributed by atoms with van der Waals surface area (Å²) >= 11 is 0. The number of likely N-dealkylation sites (tertiary alicyclic amines) is 2. The summed E-state index contributed by atoms with van der Waals surface area (Å²) in [6, 6.07) is 14.9. The number of carbonyl (C=O) groups excluding carboxylic acids is 1. The van der Waals surface area contributed by atoms with Crippen molar-refractivity contribution in [1.29, 1.82) is 0 Å². The first-order valence-corrected chi connectivity index (χ1v) is 12.5. The molecule has 1 aromatic heterocycles. The summed E-state index contributed by atoms with van der Waals surface area (Å²) in [5.41, 5.74) is 1.94. The van der Waals surface area contributed by atoms with E-state index in [0.29, 0.717) is 30.5 Å². The minimum absolute atomic E-state index is 0.0360. The summed E-state index contributed by atoms with van der Waals surface area (Å²) in [6.07, 6.45) is 2.92. The number of pyridine rings is 1. The molecule has 0 saturated carbocycles. The SMILES string of the molecule is O=C(O)C[C@@H]1CCN(C(=O)c2ccccc2)C[C@@H]1CCN1C[C@H]2C[C@H](C1)c1cccc(=O)n1C2. The van der Waals surface area contributed by atoms with Crippen molar-refractivity contribution in [1.82, 2.24) is 14.4 Å². The Morgan fingerprint density at radius 2 is 1.76 bits per heavy atom. The molecule has 0 radical (unpaired) electrons. The van der Waals surface area contributed by atoms with Crippen LogP contribution >= 0.6 is 0 Å². The van der Waals surface area contributed by atoms with E-state index in [1.165, 1.54) is 0 Å². The molecule has 180 valence electrons. The smallest absolute Gasteiger partial charge is 0.303 e. The molecule has 1 N–H and O–H groups in total. The first kappa shape index (κ1) is 22.8. The van der Waals surface area contributed by atoms with Crippen molar-refractivity contribution < 1.29 is 14.7 Å². The number of aromatic nitrogens is 1. The molecule has 3 aliphatic heterocycles. The van der Waals surface area contributed by atoms with Crippen LogP contribution < -0.4 is 5.56 Å². The Bertz CT molecular complexity index is 1100. The second-order valence-electron chi connectivity index (χ2n) is 10.3. The Kier molecular flexibility index (Phi) is 6.55. The van der Waals surface area contributed by atoms with Crippen LogP contribution in [0, 0.1) is 17.8 Å². The lowest BCUT2D eigenvalue weighted by atomic mass is 9.80. The van der Waals surface area contributed by atoms with Gasteiger partial charge in [0.1, 0.15) is 0 Å². The van der Waals surface area contributed by atoms with Crippen LogP contribution in [0.2, 0.25) is 0 Å². The second kappa shape index (κ2) is 9.74. The number of carboxylic acids is 1. The number of hydrogen-bond donors (Lipinski definition) is 1. The maximum absolute atomic E-state index is 13.0. The van der Waals surface area contributed by atoms with E-state index in [1.807, 2.05) is 45.9 Å². The van der Waals surface area contributed by atoms with Gasteiger partial charge in [-0.2, -0.15) is 0 Å². The van der Waals surface area contributed by atoms with Crippen LogP contribution in [0.25, 0.3) is 0 Å². The van der Waals surface area contributed by atoms with Crippen LogP contribution in [0.1, 0.15) is 47.7 Å². The van der Waals surface area contributed by atoms with Gasteiger partial charge >= 0.3 is 5.97 Å². The van der Waals surface area contributed by atoms with Gasteiger partial charge in [0.2, 0.25) is 0 Å². The van der Waals surface area contributed by atoms with Gasteiger partial charge in [0.05, 0.1) is 0 Å². The van der Waals surface area contributed by atoms with E-state index < -0.39 is 5.97 Å². The third-order valence-corrected chi connectivity index (χ3v) is 8.01. The van der Waals surface area contributed by atoms with Gasteiger partial charge in [0.25, 0.3) is 11.5 Å². The Balaban J connectivity index is 1.25. The van der Waals surface area contributed by atoms with Gasteiger partial charge in [-0.05, 0) is 61.8 Å². The molecule has 34 heavy (non-hydrogen) atoms. The van der Waals surface area contributed by atoms with Crippen molar-refractivity contribution in [2.75, 3.05) is 32.7 Å². The molecule has 2 bridgehead atoms. The maximum Gasteiger partial charge on any atom is 0.303 e. The number of benzene rings is 1. The molecule has 5 rings (SSSR count). The van der Waals surface area contributed by atoms with Crippen LogP contribution in [-0.2, 0) is 11.3 Å². The van der Waals surface area contributed by atoms with Crippen molar-refractivity contribution in [3.05, 3.63) is 70.1 Å². The van der Waals surface area contributed by atoms with Crippen molar-refractivity contribution >= 4 is 11.9 Å². The predicted octanol–water partition coefficient (Wildman–Crippen LogP) is 2.91. The van der Waals surface area contributed by atoms with E-state index in [4.69, 9.17) is 0 Å². The zero-order chi connectivity index (χ0) is 23.7. The zero-order valence-corrected chi connectivity index (χ0v) is 19.5. The van der Waals surface area contributed by atoms with Gasteiger partial charge in [-0.3, -0.25) is 14.4 Å². The van der Waals surface area contributed by atoms with Gasteiger partial charge in [-0.15, -0.1) is 0 Å². The van der Waals surface area contributed by atoms with Crippen molar-refractivity contribution in [3.8, 4) is 0 Å². The number of rotatable bonds is 6. The minimum atomic E-state index is -0.757. The lowest BCUT2D eigenvalue weighted by Gasteiger charge is -2.44. The van der Waals surface area contributed by atoms with Crippen LogP contribution in [0.5, 0.6) is 0 Å². The number of aliphatic carboxylic acids is 1. The molecule has 0 unspecified atom stereocenters. The van der Waals surface area contributed by atoms with Crippen LogP contribution in [0.3, 0.4) is 0 Å². The number of piperidine rings is 2. The number of fused-ring (bicyclic) bond motifs is 4. The fourth-order valence-corrected chi connectivity index (χ4v) is 6.38. The molecule has 7 nitrogen and oxygen atoms in total. The molecule has 2 aromatic rings. The topological polar surface area (TPSA) is 82.8 Å². The lowest BCUT2D eigenvalue weighted by molar-refractivity contribution is -0.139. The molecular formula is C27H33N3O4. The number of amides is 1. The standard InChI is InChI=1S/C27H33N3O4/c31-25-8-4-7-24-23-13-19(16-30(24)25)15-28(17-23)11-9-22-18-29(12-10-21(22)14-26(32)33)27(34)20-5-2-1-3-6-20/h1-8,19,21-23H,9-18H2,(H,32,33)/t19-,21+,22+,23-/m1/s1. The molecule has 4 heterocycles. The Morgan fingerprint density at radius 1 is 0.941 bits per heavy atom. The fourth-order valence-electron chi connectivity index (χ4n) is 6.38. The molecule has 2 fully saturated rings. The summed E-state index contributed by atoms with van der Waals surface area (Å²) in [4.78, 5) is 41.2. The molecule has 2 saturated heterocycles. The Morgan fingerprint density at radius 3 is 2.56 bits per heavy atom. The normalized spacial score (nSPS) is 26.6. The number of carboxylic acid groups (broad SMARTS) is 1. The average Bonchev–Trinajstić information content (AvgIpc) is 2.84. The van der Waals surface area contributed by atoms with Gasteiger partial charge in [-0.25, -0.2) is 0 Å². The molecule has 3 aliphatic rings. The molecule has 0 aliphatic carbocycles. The Labute approximate surface area is 200 Å². The summed E-state index contributed by atoms with van der Waals surface area (Å²) in [7, 11) is 0. The van der Waals surface area contributed by atoms with E-state index in [2.05, 4.69) is 11.0 Å². The fraction of sp³-hybridized carbons (Fsp3) is 0.519. The molecular weight excluding hydrogens is 430 g/mol. The highest BCUT2D eigenvalue weighted by molar-refractivity contribution is 5.94. The van der Waals surface area contributed by atoms with Crippen LogP contribution in [-0.4, -0.2) is 64.1 Å². The number of nitrogens with zero attached hydrogens (tertiary/aromatic N) is 3. The van der Waals surface area contributed by atoms with Gasteiger partial charge in [-0.1, -0.05) is 24.3 Å². The second-order valence-corrected chi connectivity index (χ2v) is 10.3. The highest BCUT2D eigenvalue weighted by Gasteiger charge is 2.36. The zero-order valence-electron chi connectivity index (χ0n) is 19.5.